The maximum absolute atomic E-state index is 13.2. The van der Waals surface area contributed by atoms with Gasteiger partial charge in [0, 0.05) is 25.8 Å². The summed E-state index contributed by atoms with van der Waals surface area (Å²) < 4.78 is 0. The highest BCUT2D eigenvalue weighted by Gasteiger charge is 2.44. The van der Waals surface area contributed by atoms with Crippen molar-refractivity contribution in [1.82, 2.24) is 15.2 Å². The van der Waals surface area contributed by atoms with Gasteiger partial charge in [0.2, 0.25) is 5.91 Å². The summed E-state index contributed by atoms with van der Waals surface area (Å²) in [5, 5.41) is 3.10. The summed E-state index contributed by atoms with van der Waals surface area (Å²) in [5.74, 6) is 0.165. The van der Waals surface area contributed by atoms with Crippen molar-refractivity contribution in [2.75, 3.05) is 19.6 Å². The van der Waals surface area contributed by atoms with Crippen LogP contribution in [0, 0.1) is 5.41 Å². The zero-order chi connectivity index (χ0) is 20.8. The SMILES string of the molecule is CCNC(=O)C1(Cc2cccc(-c3ccccc3)c2)CCN(Cc2ccccn2)C1. The van der Waals surface area contributed by atoms with Crippen molar-refractivity contribution < 1.29 is 4.79 Å². The van der Waals surface area contributed by atoms with Gasteiger partial charge < -0.3 is 5.32 Å². The van der Waals surface area contributed by atoms with Crippen LogP contribution in [0.2, 0.25) is 0 Å². The molecule has 0 aliphatic carbocycles. The van der Waals surface area contributed by atoms with E-state index in [-0.39, 0.29) is 5.91 Å². The molecule has 1 aromatic heterocycles. The molecule has 30 heavy (non-hydrogen) atoms. The van der Waals surface area contributed by atoms with Gasteiger partial charge in [-0.3, -0.25) is 14.7 Å². The average molecular weight is 400 g/mol. The van der Waals surface area contributed by atoms with Crippen molar-refractivity contribution >= 4 is 5.91 Å². The number of likely N-dealkylation sites (tertiary alicyclic amines) is 1. The van der Waals surface area contributed by atoms with Gasteiger partial charge >= 0.3 is 0 Å². The van der Waals surface area contributed by atoms with E-state index in [2.05, 4.69) is 69.8 Å². The van der Waals surface area contributed by atoms with Crippen LogP contribution in [0.3, 0.4) is 0 Å². The summed E-state index contributed by atoms with van der Waals surface area (Å²) in [6.07, 6.45) is 3.44. The Morgan fingerprint density at radius 1 is 1.03 bits per heavy atom. The molecule has 2 heterocycles. The molecule has 1 aliphatic heterocycles. The highest BCUT2D eigenvalue weighted by atomic mass is 16.2. The average Bonchev–Trinajstić information content (AvgIpc) is 3.19. The molecule has 1 unspecified atom stereocenters. The first kappa shape index (κ1) is 20.3. The van der Waals surface area contributed by atoms with Crippen LogP contribution in [0.4, 0.5) is 0 Å². The molecular weight excluding hydrogens is 370 g/mol. The Morgan fingerprint density at radius 3 is 2.60 bits per heavy atom. The maximum Gasteiger partial charge on any atom is 0.227 e. The fourth-order valence-electron chi connectivity index (χ4n) is 4.45. The summed E-state index contributed by atoms with van der Waals surface area (Å²) in [4.78, 5) is 20.0. The second kappa shape index (κ2) is 9.23. The number of amides is 1. The number of nitrogens with one attached hydrogen (secondary N) is 1. The fourth-order valence-corrected chi connectivity index (χ4v) is 4.45. The predicted octanol–water partition coefficient (Wildman–Crippen LogP) is 4.32. The van der Waals surface area contributed by atoms with Crippen LogP contribution in [0.1, 0.15) is 24.6 Å². The lowest BCUT2D eigenvalue weighted by molar-refractivity contribution is -0.130. The maximum atomic E-state index is 13.2. The van der Waals surface area contributed by atoms with Crippen molar-refractivity contribution in [3.8, 4) is 11.1 Å². The minimum atomic E-state index is -0.403. The van der Waals surface area contributed by atoms with E-state index in [0.29, 0.717) is 6.54 Å². The highest BCUT2D eigenvalue weighted by Crippen LogP contribution is 2.36. The van der Waals surface area contributed by atoms with Crippen LogP contribution in [0.15, 0.2) is 79.0 Å². The van der Waals surface area contributed by atoms with Gasteiger partial charge in [0.15, 0.2) is 0 Å². The van der Waals surface area contributed by atoms with Crippen LogP contribution < -0.4 is 5.32 Å². The number of hydrogen-bond donors (Lipinski definition) is 1. The standard InChI is InChI=1S/C26H29N3O/c1-2-27-25(30)26(14-16-29(20-26)19-24-13-6-7-15-28-24)18-21-9-8-12-23(17-21)22-10-4-3-5-11-22/h3-13,15,17H,2,14,16,18-20H2,1H3,(H,27,30). The first-order chi connectivity index (χ1) is 14.7. The van der Waals surface area contributed by atoms with Crippen molar-refractivity contribution in [2.24, 2.45) is 5.41 Å². The van der Waals surface area contributed by atoms with E-state index in [9.17, 15) is 4.79 Å². The highest BCUT2D eigenvalue weighted by molar-refractivity contribution is 5.83. The summed E-state index contributed by atoms with van der Waals surface area (Å²) >= 11 is 0. The molecule has 4 heteroatoms. The number of carbonyl (C=O) groups is 1. The van der Waals surface area contributed by atoms with Gasteiger partial charge in [-0.05, 0) is 55.1 Å². The molecule has 3 aromatic rings. The molecule has 4 nitrogen and oxygen atoms in total. The molecule has 154 valence electrons. The Morgan fingerprint density at radius 2 is 1.83 bits per heavy atom. The van der Waals surface area contributed by atoms with Crippen molar-refractivity contribution in [2.45, 2.75) is 26.3 Å². The molecule has 1 aliphatic rings. The number of aromatic nitrogens is 1. The lowest BCUT2D eigenvalue weighted by Crippen LogP contribution is -2.44. The van der Waals surface area contributed by atoms with Gasteiger partial charge in [-0.2, -0.15) is 0 Å². The summed E-state index contributed by atoms with van der Waals surface area (Å²) in [6, 6.07) is 25.0. The van der Waals surface area contributed by atoms with Crippen molar-refractivity contribution in [3.63, 3.8) is 0 Å². The third-order valence-corrected chi connectivity index (χ3v) is 5.94. The van der Waals surface area contributed by atoms with Crippen LogP contribution in [-0.2, 0) is 17.8 Å². The number of pyridine rings is 1. The number of carbonyl (C=O) groups excluding carboxylic acids is 1. The minimum Gasteiger partial charge on any atom is -0.356 e. The fraction of sp³-hybridized carbons (Fsp3) is 0.308. The zero-order valence-electron chi connectivity index (χ0n) is 17.6. The molecule has 1 N–H and O–H groups in total. The van der Waals surface area contributed by atoms with E-state index in [0.717, 1.165) is 38.2 Å². The molecular formula is C26H29N3O. The number of hydrogen-bond acceptors (Lipinski definition) is 3. The van der Waals surface area contributed by atoms with Crippen LogP contribution >= 0.6 is 0 Å². The molecule has 4 rings (SSSR count). The van der Waals surface area contributed by atoms with Crippen molar-refractivity contribution in [3.05, 3.63) is 90.3 Å². The smallest absolute Gasteiger partial charge is 0.227 e. The Bertz CT molecular complexity index is 974. The van der Waals surface area contributed by atoms with E-state index < -0.39 is 5.41 Å². The van der Waals surface area contributed by atoms with Gasteiger partial charge in [0.05, 0.1) is 11.1 Å². The zero-order valence-corrected chi connectivity index (χ0v) is 17.6. The minimum absolute atomic E-state index is 0.165. The topological polar surface area (TPSA) is 45.2 Å². The number of nitrogens with zero attached hydrogens (tertiary/aromatic N) is 2. The van der Waals surface area contributed by atoms with Crippen LogP contribution in [-0.4, -0.2) is 35.4 Å². The largest absolute Gasteiger partial charge is 0.356 e. The van der Waals surface area contributed by atoms with E-state index in [1.165, 1.54) is 16.7 Å². The second-order valence-corrected chi connectivity index (χ2v) is 8.16. The number of rotatable bonds is 7. The summed E-state index contributed by atoms with van der Waals surface area (Å²) in [6.45, 7) is 5.09. The summed E-state index contributed by atoms with van der Waals surface area (Å²) in [7, 11) is 0. The van der Waals surface area contributed by atoms with Gasteiger partial charge in [-0.15, -0.1) is 0 Å². The second-order valence-electron chi connectivity index (χ2n) is 8.16. The lowest BCUT2D eigenvalue weighted by Gasteiger charge is -2.28. The van der Waals surface area contributed by atoms with E-state index in [4.69, 9.17) is 0 Å². The first-order valence-electron chi connectivity index (χ1n) is 10.7. The third kappa shape index (κ3) is 4.60. The van der Waals surface area contributed by atoms with Gasteiger partial charge in [0.1, 0.15) is 0 Å². The predicted molar refractivity (Wildman–Crippen MR) is 121 cm³/mol. The van der Waals surface area contributed by atoms with Crippen molar-refractivity contribution in [1.29, 1.82) is 0 Å². The van der Waals surface area contributed by atoms with Gasteiger partial charge in [-0.1, -0.05) is 60.7 Å². The first-order valence-corrected chi connectivity index (χ1v) is 10.7. The Kier molecular flexibility index (Phi) is 6.24. The molecule has 1 saturated heterocycles. The molecule has 0 spiro atoms. The van der Waals surface area contributed by atoms with E-state index in [1.54, 1.807) is 0 Å². The van der Waals surface area contributed by atoms with E-state index in [1.807, 2.05) is 31.3 Å². The molecule has 2 aromatic carbocycles. The monoisotopic (exact) mass is 399 g/mol. The lowest BCUT2D eigenvalue weighted by atomic mass is 9.79. The van der Waals surface area contributed by atoms with E-state index >= 15 is 0 Å². The molecule has 0 bridgehead atoms. The molecule has 1 atom stereocenters. The van der Waals surface area contributed by atoms with Gasteiger partial charge in [-0.25, -0.2) is 0 Å². The molecule has 1 fully saturated rings. The normalized spacial score (nSPS) is 19.0. The molecule has 0 saturated carbocycles. The van der Waals surface area contributed by atoms with Crippen LogP contribution in [0.25, 0.3) is 11.1 Å². The molecule has 1 amide bonds. The molecule has 0 radical (unpaired) electrons. The Balaban J connectivity index is 1.56. The Hall–Kier alpha value is -2.98. The third-order valence-electron chi connectivity index (χ3n) is 5.94. The quantitative estimate of drug-likeness (QED) is 0.644. The summed E-state index contributed by atoms with van der Waals surface area (Å²) in [5.41, 5.74) is 4.26. The van der Waals surface area contributed by atoms with Gasteiger partial charge in [0.25, 0.3) is 0 Å². The van der Waals surface area contributed by atoms with Crippen LogP contribution in [0.5, 0.6) is 0 Å². The Labute approximate surface area is 179 Å². The number of benzene rings is 2.